The van der Waals surface area contributed by atoms with Gasteiger partial charge >= 0.3 is 29.6 Å². The summed E-state index contributed by atoms with van der Waals surface area (Å²) >= 11 is 1.61. The molecule has 0 unspecified atom stereocenters. The summed E-state index contributed by atoms with van der Waals surface area (Å²) in [4.78, 5) is 27.3. The number of rotatable bonds is 13. The molecular weight excluding hydrogens is 639 g/mol. The van der Waals surface area contributed by atoms with E-state index < -0.39 is 90.2 Å². The number of amides is 2. The number of aliphatic hydroxyl groups is 4. The van der Waals surface area contributed by atoms with E-state index >= 15 is 0 Å². The molecule has 44 heavy (non-hydrogen) atoms. The molecule has 242 valence electrons. The van der Waals surface area contributed by atoms with Gasteiger partial charge in [-0.05, 0) is 31.2 Å². The zero-order valence-electron chi connectivity index (χ0n) is 24.0. The van der Waals surface area contributed by atoms with E-state index in [0.717, 1.165) is 11.5 Å². The van der Waals surface area contributed by atoms with Gasteiger partial charge in [0, 0.05) is 12.3 Å². The molecule has 3 aliphatic heterocycles. The molecule has 1 aromatic rings. The quantitative estimate of drug-likeness (QED) is 0.0431. The third-order valence-electron chi connectivity index (χ3n) is 7.22. The largest absolute Gasteiger partial charge is 1.00 e. The first-order chi connectivity index (χ1) is 20.4. The van der Waals surface area contributed by atoms with Crippen LogP contribution in [0.5, 0.6) is 0 Å². The van der Waals surface area contributed by atoms with Crippen molar-refractivity contribution in [3.8, 4) is 0 Å². The van der Waals surface area contributed by atoms with E-state index in [2.05, 4.69) is 4.18 Å². The summed E-state index contributed by atoms with van der Waals surface area (Å²) in [6, 6.07) is 3.71. The number of imide groups is 1. The predicted molar refractivity (Wildman–Crippen MR) is 145 cm³/mol. The van der Waals surface area contributed by atoms with Gasteiger partial charge in [0.2, 0.25) is 10.4 Å². The molecule has 1 aromatic carbocycles. The fraction of sp³-hybridized carbons (Fsp3) is 0.680. The molecule has 0 aliphatic carbocycles. The zero-order chi connectivity index (χ0) is 31.5. The van der Waals surface area contributed by atoms with Crippen LogP contribution in [0.2, 0.25) is 0 Å². The van der Waals surface area contributed by atoms with Crippen LogP contribution in [0.3, 0.4) is 0 Å². The first kappa shape index (κ1) is 37.7. The number of thioether (sulfide) groups is 1. The Balaban J connectivity index is 0.00000529. The second-order valence-corrected chi connectivity index (χ2v) is 12.4. The summed E-state index contributed by atoms with van der Waals surface area (Å²) in [6.07, 6.45) is -14.2. The van der Waals surface area contributed by atoms with Crippen LogP contribution in [-0.4, -0.2) is 143 Å². The SMILES string of the molecule is C[C@@H]1O[C@@H](OCCCSCCN)[C@@H](O)[C@H](O[C@@H]2O[C@H](CO)[C@@H](O)[C@H](OS(=O)(=O)[O-])[C@H]2N2C(=O)c3ccccc3C2=O)[C@@H]1O.[Na+]. The van der Waals surface area contributed by atoms with Crippen molar-refractivity contribution in [3.63, 3.8) is 0 Å². The molecule has 0 bridgehead atoms. The van der Waals surface area contributed by atoms with Gasteiger partial charge in [0.15, 0.2) is 12.6 Å². The van der Waals surface area contributed by atoms with E-state index in [-0.39, 0.29) is 47.3 Å². The Morgan fingerprint density at radius 3 is 2.20 bits per heavy atom. The average molecular weight is 675 g/mol. The van der Waals surface area contributed by atoms with Crippen LogP contribution in [0.25, 0.3) is 0 Å². The summed E-state index contributed by atoms with van der Waals surface area (Å²) < 4.78 is 62.6. The maximum absolute atomic E-state index is 13.4. The maximum Gasteiger partial charge on any atom is 1.00 e. The minimum atomic E-state index is -5.57. The van der Waals surface area contributed by atoms with Crippen LogP contribution >= 0.6 is 11.8 Å². The number of hydrogen-bond acceptors (Lipinski definition) is 16. The van der Waals surface area contributed by atoms with Crippen molar-refractivity contribution in [2.24, 2.45) is 5.73 Å². The number of ether oxygens (including phenoxy) is 4. The molecule has 0 saturated carbocycles. The Hall–Kier alpha value is -0.780. The maximum atomic E-state index is 13.4. The first-order valence-corrected chi connectivity index (χ1v) is 16.0. The predicted octanol–water partition coefficient (Wildman–Crippen LogP) is -5.47. The summed E-state index contributed by atoms with van der Waals surface area (Å²) in [6.45, 7) is 1.23. The molecule has 0 spiro atoms. The van der Waals surface area contributed by atoms with Crippen molar-refractivity contribution in [3.05, 3.63) is 35.4 Å². The van der Waals surface area contributed by atoms with Gasteiger partial charge in [0.05, 0.1) is 30.4 Å². The number of aliphatic hydroxyl groups excluding tert-OH is 4. The second-order valence-electron chi connectivity index (χ2n) is 10.1. The van der Waals surface area contributed by atoms with Crippen molar-refractivity contribution in [1.29, 1.82) is 0 Å². The molecule has 16 nitrogen and oxygen atoms in total. The number of carbonyl (C=O) groups is 2. The number of hydrogen-bond donors (Lipinski definition) is 5. The molecular formula is C25H35N2NaO14S2. The minimum Gasteiger partial charge on any atom is -0.726 e. The molecule has 19 heteroatoms. The molecule has 3 heterocycles. The molecule has 4 rings (SSSR count). The van der Waals surface area contributed by atoms with Crippen LogP contribution in [0.4, 0.5) is 0 Å². The van der Waals surface area contributed by atoms with Gasteiger partial charge in [-0.3, -0.25) is 18.7 Å². The van der Waals surface area contributed by atoms with Crippen molar-refractivity contribution in [2.75, 3.05) is 31.3 Å². The van der Waals surface area contributed by atoms with E-state index in [1.807, 2.05) is 0 Å². The third-order valence-corrected chi connectivity index (χ3v) is 8.78. The zero-order valence-corrected chi connectivity index (χ0v) is 27.7. The number of nitrogens with zero attached hydrogens (tertiary/aromatic N) is 1. The topological polar surface area (TPSA) is 248 Å². The van der Waals surface area contributed by atoms with Gasteiger partial charge in [0.1, 0.15) is 42.7 Å². The molecule has 2 fully saturated rings. The van der Waals surface area contributed by atoms with Crippen molar-refractivity contribution in [1.82, 2.24) is 4.90 Å². The van der Waals surface area contributed by atoms with Gasteiger partial charge in [-0.2, -0.15) is 11.8 Å². The summed E-state index contributed by atoms with van der Waals surface area (Å²) in [7, 11) is -5.57. The molecule has 0 radical (unpaired) electrons. The summed E-state index contributed by atoms with van der Waals surface area (Å²) in [5, 5.41) is 42.6. The van der Waals surface area contributed by atoms with Crippen LogP contribution in [0.15, 0.2) is 24.3 Å². The number of fused-ring (bicyclic) bond motifs is 1. The average Bonchev–Trinajstić information content (AvgIpc) is 3.21. The van der Waals surface area contributed by atoms with Crippen LogP contribution < -0.4 is 35.3 Å². The van der Waals surface area contributed by atoms with E-state index in [0.29, 0.717) is 17.9 Å². The standard InChI is InChI=1S/C25H36N2O14S2.Na/c1-12-17(29)21(19(31)25(38-12)37-8-4-9-42-10-7-26)40-24-16(20(41-43(34,35)36)18(30)15(11-28)39-24)27-22(32)13-5-2-3-6-14(13)23(27)33;/h2-3,5-6,12,15-21,24-25,28-31H,4,7-11,26H2,1H3,(H,34,35,36);/q;+1/p-1/t12-,15+,16+,17+,18+,19-,20+,21+,24-,25+;/m0./s1. The molecule has 10 atom stereocenters. The Morgan fingerprint density at radius 1 is 1.00 bits per heavy atom. The molecule has 3 aliphatic rings. The van der Waals surface area contributed by atoms with E-state index in [9.17, 15) is 43.0 Å². The summed E-state index contributed by atoms with van der Waals surface area (Å²) in [5.74, 6) is -0.390. The van der Waals surface area contributed by atoms with Crippen LogP contribution in [-0.2, 0) is 33.5 Å². The fourth-order valence-electron chi connectivity index (χ4n) is 5.16. The minimum absolute atomic E-state index is 0. The summed E-state index contributed by atoms with van der Waals surface area (Å²) in [5.41, 5.74) is 5.35. The number of carbonyl (C=O) groups excluding carboxylic acids is 2. The second kappa shape index (κ2) is 16.4. The third kappa shape index (κ3) is 8.38. The van der Waals surface area contributed by atoms with Gasteiger partial charge in [0.25, 0.3) is 11.8 Å². The van der Waals surface area contributed by atoms with Crippen molar-refractivity contribution >= 4 is 34.0 Å². The van der Waals surface area contributed by atoms with Gasteiger partial charge in [-0.25, -0.2) is 8.42 Å². The van der Waals surface area contributed by atoms with E-state index in [1.54, 1.807) is 11.8 Å². The molecule has 6 N–H and O–H groups in total. The van der Waals surface area contributed by atoms with Gasteiger partial charge in [-0.15, -0.1) is 0 Å². The Labute approximate surface area is 280 Å². The Bertz CT molecular complexity index is 1210. The normalized spacial score (nSPS) is 34.1. The monoisotopic (exact) mass is 674 g/mol. The van der Waals surface area contributed by atoms with E-state index in [4.69, 9.17) is 24.7 Å². The van der Waals surface area contributed by atoms with Crippen molar-refractivity contribution in [2.45, 2.75) is 74.7 Å². The fourth-order valence-corrected chi connectivity index (χ4v) is 6.35. The molecule has 0 aromatic heterocycles. The number of nitrogens with two attached hydrogens (primary N) is 1. The first-order valence-electron chi connectivity index (χ1n) is 13.5. The molecule has 2 amide bonds. The van der Waals surface area contributed by atoms with Crippen LogP contribution in [0, 0.1) is 0 Å². The van der Waals surface area contributed by atoms with Gasteiger partial charge < -0.3 is 49.7 Å². The van der Waals surface area contributed by atoms with Crippen LogP contribution in [0.1, 0.15) is 34.1 Å². The van der Waals surface area contributed by atoms with Crippen molar-refractivity contribution < 1.29 is 95.7 Å². The van der Waals surface area contributed by atoms with E-state index in [1.165, 1.54) is 31.2 Å². The number of benzene rings is 1. The Morgan fingerprint density at radius 2 is 1.64 bits per heavy atom. The Kier molecular flexibility index (Phi) is 14.0. The van der Waals surface area contributed by atoms with Gasteiger partial charge in [-0.1, -0.05) is 12.1 Å². The molecule has 2 saturated heterocycles. The smallest absolute Gasteiger partial charge is 0.726 e.